The fourth-order valence-electron chi connectivity index (χ4n) is 4.95. The third kappa shape index (κ3) is 6.16. The van der Waals surface area contributed by atoms with E-state index in [9.17, 15) is 19.2 Å². The van der Waals surface area contributed by atoms with Crippen molar-refractivity contribution in [3.05, 3.63) is 130 Å². The summed E-state index contributed by atoms with van der Waals surface area (Å²) in [6.07, 6.45) is -2.46. The van der Waals surface area contributed by atoms with Crippen molar-refractivity contribution >= 4 is 23.7 Å². The fraction of sp³-hybridized carbons (Fsp3) is 0.219. The second-order valence-corrected chi connectivity index (χ2v) is 9.78. The van der Waals surface area contributed by atoms with E-state index >= 15 is 0 Å². The standard InChI is InChI=1S/C32H29N3O8/c1-2-32(43-30(38)23-16-10-5-11-17-23)24(20-40-28(36)21-12-6-3-7-13-21)41-27(35-19-18-25(33)34-31(35)39)26(32)42-29(37)22-14-8-4-9-15-22/h3-19,24,26-27H,2,20H2,1H3,(H2,33,34,39)/t24-,26+,27-,32-/m1/s1. The van der Waals surface area contributed by atoms with E-state index in [4.69, 9.17) is 24.7 Å². The van der Waals surface area contributed by atoms with Crippen LogP contribution in [0.3, 0.4) is 0 Å². The summed E-state index contributed by atoms with van der Waals surface area (Å²) in [6.45, 7) is 1.32. The van der Waals surface area contributed by atoms with Gasteiger partial charge in [0.2, 0.25) is 0 Å². The zero-order valence-electron chi connectivity index (χ0n) is 23.2. The van der Waals surface area contributed by atoms with Gasteiger partial charge in [-0.05, 0) is 48.9 Å². The van der Waals surface area contributed by atoms with Crippen LogP contribution in [0.4, 0.5) is 5.82 Å². The Morgan fingerprint density at radius 1 is 0.837 bits per heavy atom. The molecule has 4 aromatic rings. The van der Waals surface area contributed by atoms with Crippen molar-refractivity contribution in [2.45, 2.75) is 37.4 Å². The third-order valence-corrected chi connectivity index (χ3v) is 7.18. The van der Waals surface area contributed by atoms with Gasteiger partial charge in [-0.3, -0.25) is 4.57 Å². The maximum atomic E-state index is 13.5. The van der Waals surface area contributed by atoms with Gasteiger partial charge in [0.25, 0.3) is 0 Å². The number of hydrogen-bond acceptors (Lipinski definition) is 10. The highest BCUT2D eigenvalue weighted by atomic mass is 16.7. The Kier molecular flexibility index (Phi) is 8.63. The number of carbonyl (C=O) groups excluding carboxylic acids is 3. The molecule has 4 atom stereocenters. The van der Waals surface area contributed by atoms with Crippen molar-refractivity contribution in [3.63, 3.8) is 0 Å². The number of anilines is 1. The second kappa shape index (κ2) is 12.7. The second-order valence-electron chi connectivity index (χ2n) is 9.78. The summed E-state index contributed by atoms with van der Waals surface area (Å²) >= 11 is 0. The molecule has 1 aromatic heterocycles. The summed E-state index contributed by atoms with van der Waals surface area (Å²) in [5.41, 5.74) is 3.98. The summed E-state index contributed by atoms with van der Waals surface area (Å²) in [7, 11) is 0. The molecule has 1 aliphatic rings. The normalized spacial score (nSPS) is 21.1. The molecule has 11 heteroatoms. The average molecular weight is 584 g/mol. The van der Waals surface area contributed by atoms with Gasteiger partial charge in [0, 0.05) is 6.20 Å². The van der Waals surface area contributed by atoms with Crippen LogP contribution in [0.15, 0.2) is 108 Å². The molecule has 220 valence electrons. The van der Waals surface area contributed by atoms with Crippen LogP contribution in [0.2, 0.25) is 0 Å². The first-order chi connectivity index (χ1) is 20.8. The zero-order valence-corrected chi connectivity index (χ0v) is 23.2. The lowest BCUT2D eigenvalue weighted by Crippen LogP contribution is -2.54. The van der Waals surface area contributed by atoms with Gasteiger partial charge in [-0.15, -0.1) is 0 Å². The predicted molar refractivity (Wildman–Crippen MR) is 154 cm³/mol. The molecule has 1 fully saturated rings. The van der Waals surface area contributed by atoms with Gasteiger partial charge >= 0.3 is 23.6 Å². The van der Waals surface area contributed by atoms with Gasteiger partial charge < -0.3 is 24.7 Å². The van der Waals surface area contributed by atoms with Crippen LogP contribution in [0.5, 0.6) is 0 Å². The van der Waals surface area contributed by atoms with Crippen molar-refractivity contribution < 1.29 is 33.3 Å². The Labute approximate surface area is 246 Å². The molecule has 0 aliphatic carbocycles. The molecule has 2 heterocycles. The number of aromatic nitrogens is 2. The molecule has 1 aliphatic heterocycles. The molecule has 0 radical (unpaired) electrons. The molecular formula is C32H29N3O8. The van der Waals surface area contributed by atoms with E-state index < -0.39 is 54.2 Å². The lowest BCUT2D eigenvalue weighted by molar-refractivity contribution is -0.111. The Hall–Kier alpha value is -5.29. The smallest absolute Gasteiger partial charge is 0.351 e. The third-order valence-electron chi connectivity index (χ3n) is 7.18. The molecule has 0 amide bonds. The Bertz CT molecular complexity index is 1650. The van der Waals surface area contributed by atoms with Gasteiger partial charge in [-0.2, -0.15) is 4.98 Å². The van der Waals surface area contributed by atoms with E-state index in [2.05, 4.69) is 4.98 Å². The van der Waals surface area contributed by atoms with Gasteiger partial charge in [0.05, 0.1) is 16.7 Å². The molecule has 3 aromatic carbocycles. The first-order valence-electron chi connectivity index (χ1n) is 13.6. The Morgan fingerprint density at radius 2 is 1.37 bits per heavy atom. The van der Waals surface area contributed by atoms with E-state index in [0.29, 0.717) is 5.56 Å². The van der Waals surface area contributed by atoms with Crippen LogP contribution < -0.4 is 11.4 Å². The summed E-state index contributed by atoms with van der Waals surface area (Å²) in [5.74, 6) is -2.14. The maximum absolute atomic E-state index is 13.5. The largest absolute Gasteiger partial charge is 0.459 e. The molecule has 0 bridgehead atoms. The van der Waals surface area contributed by atoms with E-state index in [-0.39, 0.29) is 23.4 Å². The Balaban J connectivity index is 1.58. The zero-order chi connectivity index (χ0) is 30.4. The number of benzene rings is 3. The number of nitrogen functional groups attached to an aromatic ring is 1. The van der Waals surface area contributed by atoms with Gasteiger partial charge in [0.1, 0.15) is 18.5 Å². The minimum atomic E-state index is -1.71. The first-order valence-corrected chi connectivity index (χ1v) is 13.6. The summed E-state index contributed by atoms with van der Waals surface area (Å²) in [6, 6.07) is 26.2. The van der Waals surface area contributed by atoms with E-state index in [1.807, 2.05) is 0 Å². The Morgan fingerprint density at radius 3 is 1.91 bits per heavy atom. The highest BCUT2D eigenvalue weighted by Crippen LogP contribution is 2.45. The van der Waals surface area contributed by atoms with Crippen molar-refractivity contribution in [1.82, 2.24) is 9.55 Å². The molecule has 11 nitrogen and oxygen atoms in total. The summed E-state index contributed by atoms with van der Waals surface area (Å²) in [5, 5.41) is 0. The number of ether oxygens (including phenoxy) is 4. The first kappa shape index (κ1) is 29.2. The molecule has 5 rings (SSSR count). The highest BCUT2D eigenvalue weighted by molar-refractivity contribution is 5.91. The van der Waals surface area contributed by atoms with Crippen LogP contribution in [0.25, 0.3) is 0 Å². The van der Waals surface area contributed by atoms with Crippen LogP contribution in [-0.2, 0) is 18.9 Å². The van der Waals surface area contributed by atoms with Crippen molar-refractivity contribution in [3.8, 4) is 0 Å². The van der Waals surface area contributed by atoms with Crippen LogP contribution in [0, 0.1) is 0 Å². The molecule has 1 saturated heterocycles. The van der Waals surface area contributed by atoms with Gasteiger partial charge in [0.15, 0.2) is 17.9 Å². The molecular weight excluding hydrogens is 554 g/mol. The maximum Gasteiger partial charge on any atom is 0.351 e. The van der Waals surface area contributed by atoms with E-state index in [1.165, 1.54) is 12.3 Å². The topological polar surface area (TPSA) is 149 Å². The molecule has 0 spiro atoms. The fourth-order valence-corrected chi connectivity index (χ4v) is 4.95. The van der Waals surface area contributed by atoms with Gasteiger partial charge in [-0.25, -0.2) is 19.2 Å². The monoisotopic (exact) mass is 583 g/mol. The molecule has 43 heavy (non-hydrogen) atoms. The SMILES string of the molecule is CC[C@@]1(OC(=O)c2ccccc2)[C@@H](COC(=O)c2ccccc2)O[C@@H](n2ccc(N)nc2=O)[C@@H]1OC(=O)c1ccccc1. The van der Waals surface area contributed by atoms with Crippen molar-refractivity contribution in [2.24, 2.45) is 0 Å². The molecule has 2 N–H and O–H groups in total. The lowest BCUT2D eigenvalue weighted by Gasteiger charge is -2.36. The van der Waals surface area contributed by atoms with E-state index in [1.54, 1.807) is 97.9 Å². The van der Waals surface area contributed by atoms with Gasteiger partial charge in [-0.1, -0.05) is 61.5 Å². The van der Waals surface area contributed by atoms with E-state index in [0.717, 1.165) is 4.57 Å². The number of nitrogens with two attached hydrogens (primary N) is 1. The van der Waals surface area contributed by atoms with Crippen molar-refractivity contribution in [1.29, 1.82) is 0 Å². The summed E-state index contributed by atoms with van der Waals surface area (Å²) in [4.78, 5) is 56.6. The molecule has 0 saturated carbocycles. The quantitative estimate of drug-likeness (QED) is 0.228. The van der Waals surface area contributed by atoms with Crippen molar-refractivity contribution in [2.75, 3.05) is 12.3 Å². The number of hydrogen-bond donors (Lipinski definition) is 1. The minimum Gasteiger partial charge on any atom is -0.459 e. The van der Waals surface area contributed by atoms with Crippen LogP contribution >= 0.6 is 0 Å². The highest BCUT2D eigenvalue weighted by Gasteiger charge is 2.62. The predicted octanol–water partition coefficient (Wildman–Crippen LogP) is 3.81. The summed E-state index contributed by atoms with van der Waals surface area (Å²) < 4.78 is 25.2. The molecule has 0 unspecified atom stereocenters. The minimum absolute atomic E-state index is 0.0253. The van der Waals surface area contributed by atoms with Crippen LogP contribution in [-0.4, -0.2) is 51.9 Å². The lowest BCUT2D eigenvalue weighted by atomic mass is 9.88. The number of esters is 3. The number of rotatable bonds is 9. The number of nitrogens with zero attached hydrogens (tertiary/aromatic N) is 2. The number of carbonyl (C=O) groups is 3. The van der Waals surface area contributed by atoms with Crippen LogP contribution in [0.1, 0.15) is 50.6 Å². The average Bonchev–Trinajstić information content (AvgIpc) is 3.33.